The van der Waals surface area contributed by atoms with Crippen LogP contribution in [-0.4, -0.2) is 31.1 Å². The van der Waals surface area contributed by atoms with E-state index in [2.05, 4.69) is 32.9 Å². The molecule has 3 rings (SSSR count). The Morgan fingerprint density at radius 3 is 2.29 bits per heavy atom. The van der Waals surface area contributed by atoms with Crippen molar-refractivity contribution in [3.8, 4) is 23.0 Å². The number of phenols is 4. The van der Waals surface area contributed by atoms with Crippen molar-refractivity contribution >= 4 is 21.9 Å². The summed E-state index contributed by atoms with van der Waals surface area (Å²) in [7, 11) is 0. The molecule has 188 valence electrons. The SMILES string of the molecule is CC(C)=CCC/C(C)=C/CCC(C)(O)CCc1c(O)c(O)cc2oc3cc(O)cc(O)c3c(=O)c12. The molecule has 0 aliphatic rings. The van der Waals surface area contributed by atoms with Crippen molar-refractivity contribution in [2.75, 3.05) is 0 Å². The summed E-state index contributed by atoms with van der Waals surface area (Å²) in [4.78, 5) is 13.2. The Balaban J connectivity index is 1.85. The fourth-order valence-corrected chi connectivity index (χ4v) is 4.24. The van der Waals surface area contributed by atoms with Gasteiger partial charge < -0.3 is 29.9 Å². The number of benzene rings is 2. The van der Waals surface area contributed by atoms with Gasteiger partial charge in [0.2, 0.25) is 5.43 Å². The molecular weight excluding hydrogens is 448 g/mol. The lowest BCUT2D eigenvalue weighted by molar-refractivity contribution is 0.0432. The molecule has 0 aliphatic heterocycles. The van der Waals surface area contributed by atoms with Crippen LogP contribution in [-0.2, 0) is 6.42 Å². The third kappa shape index (κ3) is 6.17. The maximum absolute atomic E-state index is 13.2. The van der Waals surface area contributed by atoms with Gasteiger partial charge in [0.15, 0.2) is 11.5 Å². The summed E-state index contributed by atoms with van der Waals surface area (Å²) in [5.41, 5.74) is 0.966. The summed E-state index contributed by atoms with van der Waals surface area (Å²) in [6, 6.07) is 3.35. The maximum atomic E-state index is 13.2. The fourth-order valence-electron chi connectivity index (χ4n) is 4.24. The van der Waals surface area contributed by atoms with E-state index < -0.39 is 28.3 Å². The van der Waals surface area contributed by atoms with Crippen LogP contribution in [0, 0.1) is 0 Å². The Bertz CT molecular complexity index is 1360. The van der Waals surface area contributed by atoms with Gasteiger partial charge in [0, 0.05) is 23.8 Å². The highest BCUT2D eigenvalue weighted by Gasteiger charge is 2.24. The first-order chi connectivity index (χ1) is 16.4. The van der Waals surface area contributed by atoms with E-state index in [9.17, 15) is 30.3 Å². The van der Waals surface area contributed by atoms with Gasteiger partial charge in [-0.15, -0.1) is 0 Å². The molecule has 7 heteroatoms. The monoisotopic (exact) mass is 482 g/mol. The Kier molecular flexibility index (Phi) is 7.80. The topological polar surface area (TPSA) is 131 Å². The van der Waals surface area contributed by atoms with Crippen LogP contribution in [0.3, 0.4) is 0 Å². The first kappa shape index (κ1) is 26.2. The van der Waals surface area contributed by atoms with E-state index in [-0.39, 0.29) is 46.1 Å². The van der Waals surface area contributed by atoms with Gasteiger partial charge in [-0.25, -0.2) is 0 Å². The molecule has 35 heavy (non-hydrogen) atoms. The van der Waals surface area contributed by atoms with Crippen molar-refractivity contribution in [2.24, 2.45) is 0 Å². The molecular formula is C28H34O7. The van der Waals surface area contributed by atoms with Crippen LogP contribution in [0.2, 0.25) is 0 Å². The van der Waals surface area contributed by atoms with E-state index >= 15 is 0 Å². The van der Waals surface area contributed by atoms with E-state index in [1.807, 2.05) is 0 Å². The van der Waals surface area contributed by atoms with Crippen LogP contribution in [0.25, 0.3) is 21.9 Å². The van der Waals surface area contributed by atoms with E-state index in [1.165, 1.54) is 17.2 Å². The molecule has 1 heterocycles. The van der Waals surface area contributed by atoms with Crippen molar-refractivity contribution in [1.82, 2.24) is 0 Å². The number of hydrogen-bond acceptors (Lipinski definition) is 7. The van der Waals surface area contributed by atoms with Crippen LogP contribution < -0.4 is 5.43 Å². The molecule has 3 aromatic rings. The quantitative estimate of drug-likeness (QED) is 0.145. The molecule has 1 unspecified atom stereocenters. The Hall–Kier alpha value is -3.45. The summed E-state index contributed by atoms with van der Waals surface area (Å²) < 4.78 is 5.67. The highest BCUT2D eigenvalue weighted by Crippen LogP contribution is 2.39. The van der Waals surface area contributed by atoms with E-state index in [1.54, 1.807) is 6.92 Å². The third-order valence-electron chi connectivity index (χ3n) is 6.27. The smallest absolute Gasteiger partial charge is 0.204 e. The molecule has 2 aromatic carbocycles. The first-order valence-electron chi connectivity index (χ1n) is 11.8. The van der Waals surface area contributed by atoms with Gasteiger partial charge in [0.25, 0.3) is 0 Å². The second-order valence-electron chi connectivity index (χ2n) is 9.77. The van der Waals surface area contributed by atoms with Crippen molar-refractivity contribution in [3.05, 3.63) is 57.3 Å². The molecule has 0 saturated heterocycles. The number of rotatable bonds is 9. The van der Waals surface area contributed by atoms with Gasteiger partial charge in [0.05, 0.1) is 11.0 Å². The fraction of sp³-hybridized carbons (Fsp3) is 0.393. The first-order valence-corrected chi connectivity index (χ1v) is 11.8. The van der Waals surface area contributed by atoms with Gasteiger partial charge in [-0.2, -0.15) is 0 Å². The van der Waals surface area contributed by atoms with E-state index in [0.29, 0.717) is 12.8 Å². The van der Waals surface area contributed by atoms with Crippen LogP contribution in [0.1, 0.15) is 65.4 Å². The molecule has 5 N–H and O–H groups in total. The Labute approximate surface area is 204 Å². The minimum atomic E-state index is -1.08. The highest BCUT2D eigenvalue weighted by molar-refractivity contribution is 5.96. The molecule has 0 radical (unpaired) electrons. The standard InChI is InChI=1S/C28H34O7/c1-16(2)7-5-8-17(3)9-6-11-28(4,34)12-10-19-24-23(15-21(31)26(19)32)35-22-14-18(29)13-20(30)25(22)27(24)33/h7,9,13-15,29-32,34H,5-6,8,10-12H2,1-4H3/b17-9+. The highest BCUT2D eigenvalue weighted by atomic mass is 16.3. The number of phenolic OH excluding ortho intramolecular Hbond substituents is 4. The lowest BCUT2D eigenvalue weighted by Crippen LogP contribution is -2.24. The van der Waals surface area contributed by atoms with Crippen LogP contribution in [0.4, 0.5) is 0 Å². The van der Waals surface area contributed by atoms with Crippen molar-refractivity contribution in [3.63, 3.8) is 0 Å². The summed E-state index contributed by atoms with van der Waals surface area (Å²) in [6.07, 6.45) is 7.76. The summed E-state index contributed by atoms with van der Waals surface area (Å²) in [5, 5.41) is 51.5. The molecule has 1 aromatic heterocycles. The molecule has 0 amide bonds. The summed E-state index contributed by atoms with van der Waals surface area (Å²) in [5.74, 6) is -1.66. The van der Waals surface area contributed by atoms with E-state index in [0.717, 1.165) is 25.0 Å². The molecule has 0 aliphatic carbocycles. The van der Waals surface area contributed by atoms with Crippen LogP contribution >= 0.6 is 0 Å². The predicted molar refractivity (Wildman–Crippen MR) is 137 cm³/mol. The largest absolute Gasteiger partial charge is 0.508 e. The number of aliphatic hydroxyl groups is 1. The average Bonchev–Trinajstić information content (AvgIpc) is 2.73. The maximum Gasteiger partial charge on any atom is 0.204 e. The average molecular weight is 483 g/mol. The molecule has 7 nitrogen and oxygen atoms in total. The molecule has 0 fully saturated rings. The molecule has 1 atom stereocenters. The van der Waals surface area contributed by atoms with Crippen LogP contribution in [0.15, 0.2) is 50.7 Å². The second kappa shape index (κ2) is 10.4. The molecule has 0 saturated carbocycles. The Morgan fingerprint density at radius 2 is 1.60 bits per heavy atom. The molecule has 0 bridgehead atoms. The molecule has 0 spiro atoms. The lowest BCUT2D eigenvalue weighted by atomic mass is 9.90. The van der Waals surface area contributed by atoms with Gasteiger partial charge >= 0.3 is 0 Å². The van der Waals surface area contributed by atoms with E-state index in [4.69, 9.17) is 4.42 Å². The van der Waals surface area contributed by atoms with Crippen LogP contribution in [0.5, 0.6) is 23.0 Å². The van der Waals surface area contributed by atoms with Crippen molar-refractivity contribution in [1.29, 1.82) is 0 Å². The second-order valence-corrected chi connectivity index (χ2v) is 9.77. The minimum absolute atomic E-state index is 0.00682. The Morgan fingerprint density at radius 1 is 0.914 bits per heavy atom. The van der Waals surface area contributed by atoms with Gasteiger partial charge in [-0.1, -0.05) is 23.3 Å². The lowest BCUT2D eigenvalue weighted by Gasteiger charge is -2.23. The normalized spacial score (nSPS) is 13.8. The third-order valence-corrected chi connectivity index (χ3v) is 6.27. The number of hydrogen-bond donors (Lipinski definition) is 5. The van der Waals surface area contributed by atoms with Crippen molar-refractivity contribution in [2.45, 2.75) is 71.8 Å². The predicted octanol–water partition coefficient (Wildman–Crippen LogP) is 5.93. The van der Waals surface area contributed by atoms with Crippen molar-refractivity contribution < 1.29 is 29.9 Å². The van der Waals surface area contributed by atoms with Gasteiger partial charge in [-0.3, -0.25) is 4.79 Å². The minimum Gasteiger partial charge on any atom is -0.508 e. The number of fused-ring (bicyclic) bond motifs is 2. The zero-order chi connectivity index (χ0) is 25.9. The number of allylic oxidation sites excluding steroid dienone is 4. The van der Waals surface area contributed by atoms with Gasteiger partial charge in [0.1, 0.15) is 28.1 Å². The number of aryl methyl sites for hydroxylation is 1. The summed E-state index contributed by atoms with van der Waals surface area (Å²) >= 11 is 0. The zero-order valence-corrected chi connectivity index (χ0v) is 20.7. The number of aromatic hydroxyl groups is 4. The summed E-state index contributed by atoms with van der Waals surface area (Å²) in [6.45, 7) is 7.92. The van der Waals surface area contributed by atoms with Gasteiger partial charge in [-0.05, 0) is 66.2 Å². The zero-order valence-electron chi connectivity index (χ0n) is 20.7.